The maximum absolute atomic E-state index is 12.1. The predicted octanol–water partition coefficient (Wildman–Crippen LogP) is 3.90. The molecule has 3 rings (SSSR count). The van der Waals surface area contributed by atoms with Crippen molar-refractivity contribution >= 4 is 22.9 Å². The zero-order valence-electron chi connectivity index (χ0n) is 15.1. The number of para-hydroxylation sites is 1. The zero-order valence-corrected chi connectivity index (χ0v) is 15.9. The third-order valence-electron chi connectivity index (χ3n) is 4.03. The molecule has 0 saturated carbocycles. The first-order valence-electron chi connectivity index (χ1n) is 8.66. The Morgan fingerprint density at radius 3 is 2.77 bits per heavy atom. The minimum Gasteiger partial charge on any atom is -0.459 e. The highest BCUT2D eigenvalue weighted by Crippen LogP contribution is 2.25. The number of aryl methyl sites for hydroxylation is 1. The Hall–Kier alpha value is -2.60. The van der Waals surface area contributed by atoms with Crippen molar-refractivity contribution in [3.8, 4) is 10.8 Å². The summed E-state index contributed by atoms with van der Waals surface area (Å²) in [5.74, 6) is 1.61. The lowest BCUT2D eigenvalue weighted by Crippen LogP contribution is -2.29. The number of carbonyl (C=O) groups is 1. The molecule has 6 heteroatoms. The van der Waals surface area contributed by atoms with Crippen LogP contribution in [0, 0.1) is 6.92 Å². The van der Waals surface area contributed by atoms with E-state index in [0.29, 0.717) is 13.0 Å². The molecule has 1 aromatic carbocycles. The number of nitrogens with zero attached hydrogens (tertiary/aromatic N) is 2. The molecule has 2 aromatic heterocycles. The van der Waals surface area contributed by atoms with Crippen LogP contribution in [0.4, 0.5) is 5.69 Å². The van der Waals surface area contributed by atoms with Gasteiger partial charge in [-0.1, -0.05) is 18.2 Å². The summed E-state index contributed by atoms with van der Waals surface area (Å²) in [5, 5.41) is 5.69. The van der Waals surface area contributed by atoms with E-state index in [1.807, 2.05) is 42.6 Å². The minimum atomic E-state index is -0.000148. The van der Waals surface area contributed by atoms with Gasteiger partial charge in [-0.3, -0.25) is 4.79 Å². The predicted molar refractivity (Wildman–Crippen MR) is 106 cm³/mol. The van der Waals surface area contributed by atoms with Gasteiger partial charge in [0.05, 0.1) is 12.1 Å². The molecule has 2 heterocycles. The van der Waals surface area contributed by atoms with E-state index < -0.39 is 0 Å². The molecule has 26 heavy (non-hydrogen) atoms. The van der Waals surface area contributed by atoms with Crippen LogP contribution >= 0.6 is 11.3 Å². The number of nitrogens with one attached hydrogen (secondary N) is 1. The van der Waals surface area contributed by atoms with Crippen LogP contribution in [0.3, 0.4) is 0 Å². The summed E-state index contributed by atoms with van der Waals surface area (Å²) >= 11 is 1.50. The molecule has 1 N–H and O–H groups in total. The van der Waals surface area contributed by atoms with Crippen LogP contribution in [0.1, 0.15) is 17.9 Å². The molecule has 0 spiro atoms. The zero-order chi connectivity index (χ0) is 18.4. The summed E-state index contributed by atoms with van der Waals surface area (Å²) < 4.78 is 5.57. The number of carbonyl (C=O) groups excluding carboxylic acids is 1. The molecular weight excluding hydrogens is 346 g/mol. The van der Waals surface area contributed by atoms with Gasteiger partial charge in [0.1, 0.15) is 5.76 Å². The Balaban J connectivity index is 1.40. The summed E-state index contributed by atoms with van der Waals surface area (Å²) in [6, 6.07) is 14.0. The van der Waals surface area contributed by atoms with Gasteiger partial charge in [0.2, 0.25) is 5.91 Å². The normalized spacial score (nSPS) is 10.7. The molecule has 0 aliphatic rings. The molecule has 0 atom stereocenters. The number of furan rings is 1. The monoisotopic (exact) mass is 369 g/mol. The van der Waals surface area contributed by atoms with Crippen LogP contribution in [-0.4, -0.2) is 31.0 Å². The van der Waals surface area contributed by atoms with Gasteiger partial charge in [0.25, 0.3) is 0 Å². The molecule has 3 aromatic rings. The maximum atomic E-state index is 12.1. The van der Waals surface area contributed by atoms with Gasteiger partial charge >= 0.3 is 0 Å². The fraction of sp³-hybridized carbons (Fsp3) is 0.300. The second-order valence-electron chi connectivity index (χ2n) is 6.19. The molecule has 136 valence electrons. The van der Waals surface area contributed by atoms with Crippen molar-refractivity contribution in [1.82, 2.24) is 10.3 Å². The highest BCUT2D eigenvalue weighted by molar-refractivity contribution is 7.13. The van der Waals surface area contributed by atoms with Crippen LogP contribution in [0.2, 0.25) is 0 Å². The lowest BCUT2D eigenvalue weighted by molar-refractivity contribution is -0.120. The first kappa shape index (κ1) is 18.2. The third kappa shape index (κ3) is 4.95. The van der Waals surface area contributed by atoms with Crippen LogP contribution < -0.4 is 10.2 Å². The Morgan fingerprint density at radius 2 is 2.04 bits per heavy atom. The highest BCUT2D eigenvalue weighted by atomic mass is 32.1. The van der Waals surface area contributed by atoms with Gasteiger partial charge in [-0.05, 0) is 37.6 Å². The topological polar surface area (TPSA) is 58.4 Å². The summed E-state index contributed by atoms with van der Waals surface area (Å²) in [6.45, 7) is 3.45. The van der Waals surface area contributed by atoms with E-state index in [2.05, 4.69) is 34.4 Å². The molecule has 0 bridgehead atoms. The first-order valence-corrected chi connectivity index (χ1v) is 9.54. The Kier molecular flexibility index (Phi) is 6.07. The van der Waals surface area contributed by atoms with Gasteiger partial charge in [-0.15, -0.1) is 11.3 Å². The Labute approximate surface area is 157 Å². The first-order chi connectivity index (χ1) is 12.6. The summed E-state index contributed by atoms with van der Waals surface area (Å²) in [5.41, 5.74) is 1.96. The number of benzene rings is 1. The molecule has 1 amide bonds. The van der Waals surface area contributed by atoms with Gasteiger partial charge in [0.15, 0.2) is 10.8 Å². The standard InChI is InChI=1S/C20H23N3O2S/c1-15-9-10-18(25-15)20-22-16(14-26-20)13-19(24)21-11-6-12-23(2)17-7-4-3-5-8-17/h3-5,7-10,14H,6,11-13H2,1-2H3,(H,21,24). The number of amides is 1. The number of aromatic nitrogens is 1. The average Bonchev–Trinajstić information content (AvgIpc) is 3.28. The van der Waals surface area contributed by atoms with E-state index in [1.54, 1.807) is 0 Å². The molecule has 0 radical (unpaired) electrons. The lowest BCUT2D eigenvalue weighted by Gasteiger charge is -2.19. The third-order valence-corrected chi connectivity index (χ3v) is 4.94. The summed E-state index contributed by atoms with van der Waals surface area (Å²) in [7, 11) is 2.06. The molecule has 0 aliphatic heterocycles. The molecule has 0 saturated heterocycles. The van der Waals surface area contributed by atoms with Gasteiger partial charge in [-0.25, -0.2) is 4.98 Å². The van der Waals surface area contributed by atoms with Crippen LogP contribution in [-0.2, 0) is 11.2 Å². The quantitative estimate of drug-likeness (QED) is 0.612. The van der Waals surface area contributed by atoms with Crippen molar-refractivity contribution in [1.29, 1.82) is 0 Å². The van der Waals surface area contributed by atoms with E-state index >= 15 is 0 Å². The molecule has 0 unspecified atom stereocenters. The largest absolute Gasteiger partial charge is 0.459 e. The molecule has 5 nitrogen and oxygen atoms in total. The number of hydrogen-bond donors (Lipinski definition) is 1. The van der Waals surface area contributed by atoms with Crippen molar-refractivity contribution in [2.45, 2.75) is 19.8 Å². The number of rotatable bonds is 8. The Bertz CT molecular complexity index is 842. The average molecular weight is 369 g/mol. The van der Waals surface area contributed by atoms with Crippen molar-refractivity contribution < 1.29 is 9.21 Å². The van der Waals surface area contributed by atoms with Crippen LogP contribution in [0.25, 0.3) is 10.8 Å². The minimum absolute atomic E-state index is 0.000148. The fourth-order valence-electron chi connectivity index (χ4n) is 2.63. The van der Waals surface area contributed by atoms with Crippen molar-refractivity contribution in [3.05, 3.63) is 59.3 Å². The smallest absolute Gasteiger partial charge is 0.226 e. The van der Waals surface area contributed by atoms with Gasteiger partial charge in [-0.2, -0.15) is 0 Å². The van der Waals surface area contributed by atoms with E-state index in [0.717, 1.165) is 35.2 Å². The van der Waals surface area contributed by atoms with Gasteiger partial charge < -0.3 is 14.6 Å². The van der Waals surface area contributed by atoms with E-state index in [4.69, 9.17) is 4.42 Å². The van der Waals surface area contributed by atoms with Crippen LogP contribution in [0.5, 0.6) is 0 Å². The van der Waals surface area contributed by atoms with Crippen LogP contribution in [0.15, 0.2) is 52.3 Å². The highest BCUT2D eigenvalue weighted by Gasteiger charge is 2.11. The van der Waals surface area contributed by atoms with Crippen molar-refractivity contribution in [2.24, 2.45) is 0 Å². The number of thiazole rings is 1. The fourth-order valence-corrected chi connectivity index (χ4v) is 3.41. The molecule has 0 aliphatic carbocycles. The second kappa shape index (κ2) is 8.67. The maximum Gasteiger partial charge on any atom is 0.226 e. The summed E-state index contributed by atoms with van der Waals surface area (Å²) in [6.07, 6.45) is 1.19. The SMILES string of the molecule is Cc1ccc(-c2nc(CC(=O)NCCCN(C)c3ccccc3)cs2)o1. The van der Waals surface area contributed by atoms with Crippen molar-refractivity contribution in [3.63, 3.8) is 0 Å². The molecular formula is C20H23N3O2S. The molecule has 0 fully saturated rings. The number of hydrogen-bond acceptors (Lipinski definition) is 5. The van der Waals surface area contributed by atoms with E-state index in [9.17, 15) is 4.79 Å². The van der Waals surface area contributed by atoms with Gasteiger partial charge in [0, 0.05) is 31.2 Å². The second-order valence-corrected chi connectivity index (χ2v) is 7.05. The van der Waals surface area contributed by atoms with Crippen molar-refractivity contribution in [2.75, 3.05) is 25.0 Å². The lowest BCUT2D eigenvalue weighted by atomic mass is 10.2. The summed E-state index contributed by atoms with van der Waals surface area (Å²) in [4.78, 5) is 18.8. The van der Waals surface area contributed by atoms with E-state index in [1.165, 1.54) is 17.0 Å². The number of anilines is 1. The van der Waals surface area contributed by atoms with E-state index in [-0.39, 0.29) is 5.91 Å². The Morgan fingerprint density at radius 1 is 1.23 bits per heavy atom.